The van der Waals surface area contributed by atoms with Crippen molar-refractivity contribution < 1.29 is 0 Å². The van der Waals surface area contributed by atoms with Gasteiger partial charge in [0.2, 0.25) is 0 Å². The number of pyridine rings is 2. The number of benzene rings is 1. The van der Waals surface area contributed by atoms with Gasteiger partial charge < -0.3 is 4.90 Å². The molecule has 0 aliphatic heterocycles. The molecule has 0 N–H and O–H groups in total. The van der Waals surface area contributed by atoms with Gasteiger partial charge in [-0.25, -0.2) is 0 Å². The molecule has 0 bridgehead atoms. The SMILES string of the molecule is CCCCN(CCCC)c1ccnc(-c2cc(Sc3ccccc3)ccn2)c1. The second kappa shape index (κ2) is 10.9. The average molecular weight is 392 g/mol. The Hall–Kier alpha value is -2.33. The summed E-state index contributed by atoms with van der Waals surface area (Å²) in [7, 11) is 0. The second-order valence-corrected chi connectivity index (χ2v) is 8.03. The molecule has 0 spiro atoms. The van der Waals surface area contributed by atoms with Crippen LogP contribution >= 0.6 is 11.8 Å². The Morgan fingerprint density at radius 3 is 2.07 bits per heavy atom. The van der Waals surface area contributed by atoms with Crippen LogP contribution in [0.25, 0.3) is 11.4 Å². The predicted molar refractivity (Wildman–Crippen MR) is 120 cm³/mol. The number of hydrogen-bond acceptors (Lipinski definition) is 4. The van der Waals surface area contributed by atoms with Crippen LogP contribution in [0.2, 0.25) is 0 Å². The Bertz CT molecular complexity index is 843. The smallest absolute Gasteiger partial charge is 0.0907 e. The summed E-state index contributed by atoms with van der Waals surface area (Å²) in [5.41, 5.74) is 3.11. The van der Waals surface area contributed by atoms with Crippen molar-refractivity contribution in [2.24, 2.45) is 0 Å². The van der Waals surface area contributed by atoms with E-state index in [1.54, 1.807) is 11.8 Å². The molecule has 0 unspecified atom stereocenters. The fraction of sp³-hybridized carbons (Fsp3) is 0.333. The summed E-state index contributed by atoms with van der Waals surface area (Å²) >= 11 is 1.75. The zero-order chi connectivity index (χ0) is 19.6. The summed E-state index contributed by atoms with van der Waals surface area (Å²) in [5.74, 6) is 0. The molecule has 4 heteroatoms. The van der Waals surface area contributed by atoms with Crippen molar-refractivity contribution in [1.82, 2.24) is 9.97 Å². The molecule has 3 nitrogen and oxygen atoms in total. The molecule has 0 fully saturated rings. The third-order valence-electron chi connectivity index (χ3n) is 4.64. The monoisotopic (exact) mass is 391 g/mol. The molecule has 28 heavy (non-hydrogen) atoms. The van der Waals surface area contributed by atoms with Gasteiger partial charge in [0.25, 0.3) is 0 Å². The maximum absolute atomic E-state index is 4.60. The van der Waals surface area contributed by atoms with Crippen LogP contribution in [-0.2, 0) is 0 Å². The summed E-state index contributed by atoms with van der Waals surface area (Å²) in [6.07, 6.45) is 8.63. The molecule has 3 rings (SSSR count). The van der Waals surface area contributed by atoms with Gasteiger partial charge in [0.15, 0.2) is 0 Å². The van der Waals surface area contributed by atoms with Crippen molar-refractivity contribution in [3.05, 3.63) is 67.0 Å². The van der Waals surface area contributed by atoms with Crippen LogP contribution in [0, 0.1) is 0 Å². The summed E-state index contributed by atoms with van der Waals surface area (Å²) in [6.45, 7) is 6.68. The Balaban J connectivity index is 1.81. The van der Waals surface area contributed by atoms with Crippen molar-refractivity contribution >= 4 is 17.4 Å². The summed E-state index contributed by atoms with van der Waals surface area (Å²) in [4.78, 5) is 14.1. The van der Waals surface area contributed by atoms with Crippen LogP contribution in [0.1, 0.15) is 39.5 Å². The van der Waals surface area contributed by atoms with E-state index in [0.29, 0.717) is 0 Å². The Morgan fingerprint density at radius 1 is 0.750 bits per heavy atom. The van der Waals surface area contributed by atoms with E-state index in [4.69, 9.17) is 0 Å². The van der Waals surface area contributed by atoms with Crippen LogP contribution in [-0.4, -0.2) is 23.1 Å². The number of hydrogen-bond donors (Lipinski definition) is 0. The highest BCUT2D eigenvalue weighted by Crippen LogP contribution is 2.30. The first-order valence-corrected chi connectivity index (χ1v) is 11.0. The highest BCUT2D eigenvalue weighted by atomic mass is 32.2. The normalized spacial score (nSPS) is 10.8. The van der Waals surface area contributed by atoms with Gasteiger partial charge in [0.1, 0.15) is 0 Å². The molecule has 2 aromatic heterocycles. The van der Waals surface area contributed by atoms with Gasteiger partial charge in [0, 0.05) is 41.0 Å². The van der Waals surface area contributed by atoms with Crippen molar-refractivity contribution in [3.8, 4) is 11.4 Å². The zero-order valence-corrected chi connectivity index (χ0v) is 17.7. The second-order valence-electron chi connectivity index (χ2n) is 6.89. The number of nitrogens with zero attached hydrogens (tertiary/aromatic N) is 3. The fourth-order valence-electron chi connectivity index (χ4n) is 3.06. The third kappa shape index (κ3) is 5.83. The van der Waals surface area contributed by atoms with Gasteiger partial charge in [0.05, 0.1) is 11.4 Å². The lowest BCUT2D eigenvalue weighted by molar-refractivity contribution is 0.678. The minimum atomic E-state index is 0.925. The zero-order valence-electron chi connectivity index (χ0n) is 16.8. The van der Waals surface area contributed by atoms with Crippen LogP contribution in [0.4, 0.5) is 5.69 Å². The summed E-state index contributed by atoms with van der Waals surface area (Å²) < 4.78 is 0. The van der Waals surface area contributed by atoms with Crippen LogP contribution in [0.15, 0.2) is 76.8 Å². The highest BCUT2D eigenvalue weighted by Gasteiger charge is 2.09. The lowest BCUT2D eigenvalue weighted by atomic mass is 10.2. The van der Waals surface area contributed by atoms with Gasteiger partial charge in [-0.2, -0.15) is 0 Å². The minimum Gasteiger partial charge on any atom is -0.371 e. The quantitative estimate of drug-likeness (QED) is 0.384. The number of aromatic nitrogens is 2. The molecular weight excluding hydrogens is 362 g/mol. The van der Waals surface area contributed by atoms with E-state index in [0.717, 1.165) is 24.5 Å². The van der Waals surface area contributed by atoms with Gasteiger partial charge in [-0.1, -0.05) is 56.7 Å². The maximum atomic E-state index is 4.60. The van der Waals surface area contributed by atoms with Gasteiger partial charge in [-0.05, 0) is 49.2 Å². The number of rotatable bonds is 10. The minimum absolute atomic E-state index is 0.925. The maximum Gasteiger partial charge on any atom is 0.0907 e. The first-order valence-electron chi connectivity index (χ1n) is 10.2. The van der Waals surface area contributed by atoms with Gasteiger partial charge >= 0.3 is 0 Å². The van der Waals surface area contributed by atoms with E-state index in [9.17, 15) is 0 Å². The van der Waals surface area contributed by atoms with Crippen LogP contribution < -0.4 is 4.90 Å². The summed E-state index contributed by atoms with van der Waals surface area (Å²) in [5, 5.41) is 0. The topological polar surface area (TPSA) is 29.0 Å². The average Bonchev–Trinajstić information content (AvgIpc) is 2.75. The molecule has 3 aromatic rings. The Morgan fingerprint density at radius 2 is 1.39 bits per heavy atom. The summed E-state index contributed by atoms with van der Waals surface area (Å²) in [6, 6.07) is 18.9. The fourth-order valence-corrected chi connectivity index (χ4v) is 3.93. The highest BCUT2D eigenvalue weighted by molar-refractivity contribution is 7.99. The first kappa shape index (κ1) is 20.4. The number of unbranched alkanes of at least 4 members (excludes halogenated alkanes) is 2. The Labute approximate surface area is 173 Å². The first-order chi connectivity index (χ1) is 13.8. The molecule has 0 radical (unpaired) electrons. The molecule has 0 atom stereocenters. The molecule has 0 aliphatic carbocycles. The molecule has 2 heterocycles. The molecule has 0 saturated carbocycles. The number of anilines is 1. The van der Waals surface area contributed by atoms with Crippen molar-refractivity contribution in [3.63, 3.8) is 0 Å². The molecule has 0 amide bonds. The predicted octanol–water partition coefficient (Wildman–Crippen LogP) is 6.70. The van der Waals surface area contributed by atoms with E-state index in [1.807, 2.05) is 18.5 Å². The molecular formula is C24H29N3S. The van der Waals surface area contributed by atoms with Crippen LogP contribution in [0.3, 0.4) is 0 Å². The standard InChI is InChI=1S/C24H29N3S/c1-3-5-16-27(17-6-4-2)20-12-14-25-23(18-20)24-19-22(13-15-26-24)28-21-10-8-7-9-11-21/h7-15,18-19H,3-6,16-17H2,1-2H3. The molecule has 146 valence electrons. The van der Waals surface area contributed by atoms with Crippen molar-refractivity contribution in [1.29, 1.82) is 0 Å². The van der Waals surface area contributed by atoms with E-state index in [2.05, 4.69) is 77.2 Å². The van der Waals surface area contributed by atoms with E-state index < -0.39 is 0 Å². The van der Waals surface area contributed by atoms with E-state index >= 15 is 0 Å². The Kier molecular flexibility index (Phi) is 7.92. The third-order valence-corrected chi connectivity index (χ3v) is 5.64. The van der Waals surface area contributed by atoms with Gasteiger partial charge in [-0.3, -0.25) is 9.97 Å². The lowest BCUT2D eigenvalue weighted by Crippen LogP contribution is -2.25. The largest absolute Gasteiger partial charge is 0.371 e. The van der Waals surface area contributed by atoms with Crippen molar-refractivity contribution in [2.75, 3.05) is 18.0 Å². The van der Waals surface area contributed by atoms with E-state index in [-0.39, 0.29) is 0 Å². The molecule has 1 aromatic carbocycles. The lowest BCUT2D eigenvalue weighted by Gasteiger charge is -2.25. The van der Waals surface area contributed by atoms with Crippen LogP contribution in [0.5, 0.6) is 0 Å². The van der Waals surface area contributed by atoms with E-state index in [1.165, 1.54) is 41.2 Å². The molecule has 0 saturated heterocycles. The molecule has 0 aliphatic rings. The van der Waals surface area contributed by atoms with Crippen molar-refractivity contribution in [2.45, 2.75) is 49.3 Å². The van der Waals surface area contributed by atoms with Gasteiger partial charge in [-0.15, -0.1) is 0 Å².